The number of rotatable bonds is 7. The molecule has 1 aromatic carbocycles. The fourth-order valence-corrected chi connectivity index (χ4v) is 1.73. The molecule has 0 atom stereocenters. The van der Waals surface area contributed by atoms with E-state index in [1.54, 1.807) is 7.11 Å². The summed E-state index contributed by atoms with van der Waals surface area (Å²) in [7, 11) is 1.70. The maximum absolute atomic E-state index is 5.19. The molecule has 0 fully saturated rings. The highest BCUT2D eigenvalue weighted by Crippen LogP contribution is 2.04. The van der Waals surface area contributed by atoms with Gasteiger partial charge in [-0.2, -0.15) is 0 Å². The standard InChI is InChI=1S/C14H22N2OS/c1-3-12-5-7-13(8-6-12)11-16-14(18)15-9-4-10-17-2/h5-8H,3-4,9-11H2,1-2H3,(H2,15,16,18). The van der Waals surface area contributed by atoms with Crippen molar-refractivity contribution in [2.75, 3.05) is 20.3 Å². The number of ether oxygens (including phenoxy) is 1. The van der Waals surface area contributed by atoms with E-state index >= 15 is 0 Å². The SMILES string of the molecule is CCc1ccc(CNC(=S)NCCCOC)cc1. The maximum atomic E-state index is 5.19. The van der Waals surface area contributed by atoms with Crippen LogP contribution >= 0.6 is 12.2 Å². The minimum Gasteiger partial charge on any atom is -0.385 e. The Morgan fingerprint density at radius 3 is 2.44 bits per heavy atom. The first-order valence-electron chi connectivity index (χ1n) is 6.34. The van der Waals surface area contributed by atoms with Crippen LogP contribution in [0.4, 0.5) is 0 Å². The third-order valence-corrected chi connectivity index (χ3v) is 2.98. The molecule has 0 saturated heterocycles. The van der Waals surface area contributed by atoms with Gasteiger partial charge in [-0.15, -0.1) is 0 Å². The first-order chi connectivity index (χ1) is 8.76. The Morgan fingerprint density at radius 2 is 1.83 bits per heavy atom. The number of benzene rings is 1. The number of nitrogens with one attached hydrogen (secondary N) is 2. The minimum absolute atomic E-state index is 0.700. The zero-order valence-corrected chi connectivity index (χ0v) is 12.0. The Morgan fingerprint density at radius 1 is 1.17 bits per heavy atom. The molecule has 0 bridgehead atoms. The summed E-state index contributed by atoms with van der Waals surface area (Å²) in [5, 5.41) is 7.04. The van der Waals surface area contributed by atoms with E-state index in [1.807, 2.05) is 0 Å². The fraction of sp³-hybridized carbons (Fsp3) is 0.500. The number of methoxy groups -OCH3 is 1. The van der Waals surface area contributed by atoms with Gasteiger partial charge in [-0.1, -0.05) is 31.2 Å². The van der Waals surface area contributed by atoms with Crippen molar-refractivity contribution in [2.45, 2.75) is 26.3 Å². The summed E-state index contributed by atoms with van der Waals surface area (Å²) < 4.78 is 4.97. The van der Waals surface area contributed by atoms with E-state index in [0.717, 1.165) is 32.5 Å². The van der Waals surface area contributed by atoms with E-state index in [4.69, 9.17) is 17.0 Å². The molecule has 18 heavy (non-hydrogen) atoms. The molecular formula is C14H22N2OS. The summed E-state index contributed by atoms with van der Waals surface area (Å²) in [6, 6.07) is 8.59. The van der Waals surface area contributed by atoms with Gasteiger partial charge in [0.05, 0.1) is 0 Å². The second kappa shape index (κ2) is 8.89. The highest BCUT2D eigenvalue weighted by Gasteiger charge is 1.96. The summed E-state index contributed by atoms with van der Waals surface area (Å²) in [5.41, 5.74) is 2.60. The Kier molecular flexibility index (Phi) is 7.37. The third-order valence-electron chi connectivity index (χ3n) is 2.70. The topological polar surface area (TPSA) is 33.3 Å². The van der Waals surface area contributed by atoms with Crippen LogP contribution in [0.2, 0.25) is 0 Å². The van der Waals surface area contributed by atoms with Crippen LogP contribution in [0.3, 0.4) is 0 Å². The van der Waals surface area contributed by atoms with Gasteiger partial charge < -0.3 is 15.4 Å². The summed E-state index contributed by atoms with van der Waals surface area (Å²) in [6.45, 7) is 4.52. The van der Waals surface area contributed by atoms with Gasteiger partial charge in [-0.3, -0.25) is 0 Å². The zero-order chi connectivity index (χ0) is 13.2. The first kappa shape index (κ1) is 14.9. The third kappa shape index (κ3) is 5.98. The molecule has 0 aromatic heterocycles. The normalized spacial score (nSPS) is 10.1. The van der Waals surface area contributed by atoms with Crippen molar-refractivity contribution in [1.29, 1.82) is 0 Å². The molecule has 0 spiro atoms. The van der Waals surface area contributed by atoms with Crippen LogP contribution in [0.15, 0.2) is 24.3 Å². The molecule has 0 radical (unpaired) electrons. The van der Waals surface area contributed by atoms with E-state index in [2.05, 4.69) is 41.8 Å². The van der Waals surface area contributed by atoms with Crippen LogP contribution in [0, 0.1) is 0 Å². The lowest BCUT2D eigenvalue weighted by atomic mass is 10.1. The van der Waals surface area contributed by atoms with Crippen molar-refractivity contribution in [2.24, 2.45) is 0 Å². The maximum Gasteiger partial charge on any atom is 0.166 e. The molecular weight excluding hydrogens is 244 g/mol. The summed E-state index contributed by atoms with van der Waals surface area (Å²) in [6.07, 6.45) is 2.04. The van der Waals surface area contributed by atoms with Crippen molar-refractivity contribution in [1.82, 2.24) is 10.6 Å². The van der Waals surface area contributed by atoms with Crippen molar-refractivity contribution in [3.63, 3.8) is 0 Å². The van der Waals surface area contributed by atoms with Gasteiger partial charge in [-0.05, 0) is 36.2 Å². The number of thiocarbonyl (C=S) groups is 1. The zero-order valence-electron chi connectivity index (χ0n) is 11.2. The van der Waals surface area contributed by atoms with Crippen LogP contribution < -0.4 is 10.6 Å². The van der Waals surface area contributed by atoms with E-state index in [0.29, 0.717) is 5.11 Å². The lowest BCUT2D eigenvalue weighted by Gasteiger charge is -2.10. The summed E-state index contributed by atoms with van der Waals surface area (Å²) in [5.74, 6) is 0. The Hall–Kier alpha value is -1.13. The molecule has 3 nitrogen and oxygen atoms in total. The molecule has 1 aromatic rings. The second-order valence-electron chi connectivity index (χ2n) is 4.13. The van der Waals surface area contributed by atoms with Gasteiger partial charge in [0.1, 0.15) is 0 Å². The molecule has 0 amide bonds. The molecule has 100 valence electrons. The molecule has 1 rings (SSSR count). The lowest BCUT2D eigenvalue weighted by molar-refractivity contribution is 0.195. The summed E-state index contributed by atoms with van der Waals surface area (Å²) in [4.78, 5) is 0. The minimum atomic E-state index is 0.700. The van der Waals surface area contributed by atoms with Gasteiger partial charge in [0, 0.05) is 26.8 Å². The van der Waals surface area contributed by atoms with Gasteiger partial charge in [0.2, 0.25) is 0 Å². The van der Waals surface area contributed by atoms with Gasteiger partial charge in [0.15, 0.2) is 5.11 Å². The first-order valence-corrected chi connectivity index (χ1v) is 6.75. The summed E-state index contributed by atoms with van der Waals surface area (Å²) >= 11 is 5.19. The van der Waals surface area contributed by atoms with Crippen molar-refractivity contribution in [3.05, 3.63) is 35.4 Å². The Balaban J connectivity index is 2.20. The van der Waals surface area contributed by atoms with Crippen molar-refractivity contribution in [3.8, 4) is 0 Å². The average molecular weight is 266 g/mol. The molecule has 0 aliphatic heterocycles. The fourth-order valence-electron chi connectivity index (χ4n) is 1.56. The van der Waals surface area contributed by atoms with E-state index in [-0.39, 0.29) is 0 Å². The van der Waals surface area contributed by atoms with Gasteiger partial charge >= 0.3 is 0 Å². The van der Waals surface area contributed by atoms with E-state index in [9.17, 15) is 0 Å². The molecule has 0 aliphatic rings. The Labute approximate surface area is 115 Å². The molecule has 0 unspecified atom stereocenters. The van der Waals surface area contributed by atoms with E-state index < -0.39 is 0 Å². The molecule has 4 heteroatoms. The monoisotopic (exact) mass is 266 g/mol. The van der Waals surface area contributed by atoms with Crippen LogP contribution in [-0.2, 0) is 17.7 Å². The second-order valence-corrected chi connectivity index (χ2v) is 4.53. The predicted molar refractivity (Wildman–Crippen MR) is 79.8 cm³/mol. The van der Waals surface area contributed by atoms with Crippen molar-refractivity contribution >= 4 is 17.3 Å². The Bertz CT molecular complexity index is 351. The van der Waals surface area contributed by atoms with Gasteiger partial charge in [0.25, 0.3) is 0 Å². The smallest absolute Gasteiger partial charge is 0.166 e. The quantitative estimate of drug-likeness (QED) is 0.586. The predicted octanol–water partition coefficient (Wildman–Crippen LogP) is 2.25. The molecule has 0 aliphatic carbocycles. The van der Waals surface area contributed by atoms with Crippen LogP contribution in [0.25, 0.3) is 0 Å². The van der Waals surface area contributed by atoms with Gasteiger partial charge in [-0.25, -0.2) is 0 Å². The van der Waals surface area contributed by atoms with Crippen LogP contribution in [0.1, 0.15) is 24.5 Å². The van der Waals surface area contributed by atoms with Crippen LogP contribution in [0.5, 0.6) is 0 Å². The average Bonchev–Trinajstić information content (AvgIpc) is 2.42. The highest BCUT2D eigenvalue weighted by atomic mass is 32.1. The number of aryl methyl sites for hydroxylation is 1. The number of hydrogen-bond acceptors (Lipinski definition) is 2. The number of hydrogen-bond donors (Lipinski definition) is 2. The highest BCUT2D eigenvalue weighted by molar-refractivity contribution is 7.80. The largest absolute Gasteiger partial charge is 0.385 e. The van der Waals surface area contributed by atoms with Crippen molar-refractivity contribution < 1.29 is 4.74 Å². The lowest BCUT2D eigenvalue weighted by Crippen LogP contribution is -2.35. The molecule has 0 saturated carbocycles. The van der Waals surface area contributed by atoms with E-state index in [1.165, 1.54) is 11.1 Å². The molecule has 0 heterocycles. The molecule has 2 N–H and O–H groups in total. The van der Waals surface area contributed by atoms with Crippen LogP contribution in [-0.4, -0.2) is 25.4 Å².